The molecule has 0 saturated carbocycles. The Bertz CT molecular complexity index is 1330. The lowest BCUT2D eigenvalue weighted by molar-refractivity contribution is 0.0759. The number of carbonyl (C=O) groups is 3. The van der Waals surface area contributed by atoms with Crippen LogP contribution in [0.1, 0.15) is 39.1 Å². The maximum atomic E-state index is 13.4. The van der Waals surface area contributed by atoms with Crippen molar-refractivity contribution in [3.63, 3.8) is 0 Å². The molecule has 0 unspecified atom stereocenters. The van der Waals surface area contributed by atoms with E-state index in [9.17, 15) is 14.4 Å². The Morgan fingerprint density at radius 2 is 1.54 bits per heavy atom. The monoisotopic (exact) mass is 556 g/mol. The largest absolute Gasteiger partial charge is 0.444 e. The lowest BCUT2D eigenvalue weighted by Gasteiger charge is -2.27. The van der Waals surface area contributed by atoms with Crippen molar-refractivity contribution in [3.05, 3.63) is 89.7 Å². The van der Waals surface area contributed by atoms with Gasteiger partial charge in [-0.3, -0.25) is 19.9 Å². The second-order valence-corrected chi connectivity index (χ2v) is 10.2. The van der Waals surface area contributed by atoms with Gasteiger partial charge in [-0.2, -0.15) is 0 Å². The van der Waals surface area contributed by atoms with Gasteiger partial charge in [0.15, 0.2) is 0 Å². The third-order valence-corrected chi connectivity index (χ3v) is 7.37. The van der Waals surface area contributed by atoms with E-state index in [0.29, 0.717) is 56.1 Å². The lowest BCUT2D eigenvalue weighted by atomic mass is 10.1. The number of benzene rings is 2. The summed E-state index contributed by atoms with van der Waals surface area (Å²) in [5, 5.41) is 6.22. The second kappa shape index (κ2) is 13.8. The first-order valence-electron chi connectivity index (χ1n) is 14.1. The molecule has 10 nitrogen and oxygen atoms in total. The summed E-state index contributed by atoms with van der Waals surface area (Å²) < 4.78 is 5.50. The van der Waals surface area contributed by atoms with Gasteiger partial charge < -0.3 is 24.8 Å². The van der Waals surface area contributed by atoms with Crippen molar-refractivity contribution in [2.24, 2.45) is 0 Å². The van der Waals surface area contributed by atoms with E-state index in [2.05, 4.69) is 20.5 Å². The van der Waals surface area contributed by atoms with E-state index in [4.69, 9.17) is 4.74 Å². The average Bonchev–Trinajstić information content (AvgIpc) is 3.44. The smallest absolute Gasteiger partial charge is 0.412 e. The lowest BCUT2D eigenvalue weighted by Crippen LogP contribution is -2.35. The van der Waals surface area contributed by atoms with Gasteiger partial charge in [0, 0.05) is 69.3 Å². The molecule has 0 spiro atoms. The molecule has 2 N–H and O–H groups in total. The van der Waals surface area contributed by atoms with Gasteiger partial charge in [0.05, 0.1) is 11.4 Å². The predicted molar refractivity (Wildman–Crippen MR) is 157 cm³/mol. The summed E-state index contributed by atoms with van der Waals surface area (Å²) in [5.41, 5.74) is 3.31. The van der Waals surface area contributed by atoms with Gasteiger partial charge in [-0.1, -0.05) is 30.3 Å². The quantitative estimate of drug-likeness (QED) is 0.478. The van der Waals surface area contributed by atoms with Gasteiger partial charge in [0.25, 0.3) is 11.8 Å². The van der Waals surface area contributed by atoms with Crippen LogP contribution in [0.4, 0.5) is 16.2 Å². The fraction of sp³-hybridized carbons (Fsp3) is 0.355. The maximum absolute atomic E-state index is 13.4. The Kier molecular flexibility index (Phi) is 9.43. The minimum Gasteiger partial charge on any atom is -0.444 e. The molecule has 0 atom stereocenters. The summed E-state index contributed by atoms with van der Waals surface area (Å²) in [5.74, 6) is -0.0871. The highest BCUT2D eigenvalue weighted by atomic mass is 16.5. The summed E-state index contributed by atoms with van der Waals surface area (Å²) in [7, 11) is 0. The molecular weight excluding hydrogens is 520 g/mol. The molecule has 0 radical (unpaired) electrons. The van der Waals surface area contributed by atoms with E-state index in [1.165, 1.54) is 0 Å². The normalized spacial score (nSPS) is 16.0. The maximum Gasteiger partial charge on any atom is 0.412 e. The topological polar surface area (TPSA) is 107 Å². The Morgan fingerprint density at radius 3 is 2.37 bits per heavy atom. The standard InChI is InChI=1S/C31H36N6O4/c38-29(25-10-13-33-14-11-25)37-18-5-17-35(20-21-37)28-9-8-26(30(39)36-16-4-12-32-15-19-36)22-27(28)34-31(40)41-23-24-6-2-1-3-7-24/h1-3,6-11,13-14,22,32H,4-5,12,15-21,23H2,(H,34,40). The molecule has 3 amide bonds. The first-order chi connectivity index (χ1) is 20.1. The molecule has 214 valence electrons. The molecule has 3 aromatic rings. The van der Waals surface area contributed by atoms with Gasteiger partial charge in [-0.25, -0.2) is 4.79 Å². The Labute approximate surface area is 240 Å². The number of aromatic nitrogens is 1. The van der Waals surface area contributed by atoms with Crippen LogP contribution in [-0.4, -0.2) is 85.0 Å². The van der Waals surface area contributed by atoms with E-state index in [-0.39, 0.29) is 18.4 Å². The molecule has 5 rings (SSSR count). The number of anilines is 2. The summed E-state index contributed by atoms with van der Waals surface area (Å²) in [6, 6.07) is 18.4. The van der Waals surface area contributed by atoms with Crippen molar-refractivity contribution in [1.82, 2.24) is 20.1 Å². The van der Waals surface area contributed by atoms with Crippen molar-refractivity contribution in [3.8, 4) is 0 Å². The number of nitrogens with one attached hydrogen (secondary N) is 2. The van der Waals surface area contributed by atoms with Crippen LogP contribution in [0.25, 0.3) is 0 Å². The van der Waals surface area contributed by atoms with Gasteiger partial charge in [-0.15, -0.1) is 0 Å². The zero-order chi connectivity index (χ0) is 28.4. The van der Waals surface area contributed by atoms with Crippen molar-refractivity contribution in [2.45, 2.75) is 19.4 Å². The highest BCUT2D eigenvalue weighted by molar-refractivity contribution is 5.99. The number of pyridine rings is 1. The molecule has 2 saturated heterocycles. The van der Waals surface area contributed by atoms with E-state index >= 15 is 0 Å². The van der Waals surface area contributed by atoms with Crippen LogP contribution >= 0.6 is 0 Å². The number of amides is 3. The highest BCUT2D eigenvalue weighted by Gasteiger charge is 2.24. The molecule has 1 aromatic heterocycles. The molecule has 0 bridgehead atoms. The van der Waals surface area contributed by atoms with Crippen LogP contribution in [0.15, 0.2) is 73.1 Å². The number of rotatable bonds is 6. The van der Waals surface area contributed by atoms with E-state index in [1.807, 2.05) is 52.3 Å². The molecule has 2 fully saturated rings. The molecule has 3 heterocycles. The molecule has 10 heteroatoms. The summed E-state index contributed by atoms with van der Waals surface area (Å²) in [6.07, 6.45) is 4.30. The Morgan fingerprint density at radius 1 is 0.780 bits per heavy atom. The van der Waals surface area contributed by atoms with Crippen LogP contribution in [0.3, 0.4) is 0 Å². The molecule has 2 aliphatic rings. The number of hydrogen-bond donors (Lipinski definition) is 2. The van der Waals surface area contributed by atoms with Crippen molar-refractivity contribution >= 4 is 29.3 Å². The summed E-state index contributed by atoms with van der Waals surface area (Å²) in [6.45, 7) is 5.52. The highest BCUT2D eigenvalue weighted by Crippen LogP contribution is 2.29. The zero-order valence-electron chi connectivity index (χ0n) is 23.1. The Hall–Kier alpha value is -4.44. The predicted octanol–water partition coefficient (Wildman–Crippen LogP) is 3.62. The van der Waals surface area contributed by atoms with Gasteiger partial charge >= 0.3 is 6.09 Å². The van der Waals surface area contributed by atoms with E-state index in [0.717, 1.165) is 37.2 Å². The van der Waals surface area contributed by atoms with Crippen LogP contribution in [-0.2, 0) is 11.3 Å². The van der Waals surface area contributed by atoms with Gasteiger partial charge in [0.1, 0.15) is 6.61 Å². The van der Waals surface area contributed by atoms with Gasteiger partial charge in [0.2, 0.25) is 0 Å². The minimum atomic E-state index is -0.594. The van der Waals surface area contributed by atoms with Crippen LogP contribution in [0, 0.1) is 0 Å². The van der Waals surface area contributed by atoms with Crippen molar-refractivity contribution in [1.29, 1.82) is 0 Å². The summed E-state index contributed by atoms with van der Waals surface area (Å²) >= 11 is 0. The van der Waals surface area contributed by atoms with Crippen molar-refractivity contribution < 1.29 is 19.1 Å². The third kappa shape index (κ3) is 7.40. The van der Waals surface area contributed by atoms with E-state index < -0.39 is 6.09 Å². The molecule has 0 aliphatic carbocycles. The fourth-order valence-electron chi connectivity index (χ4n) is 5.18. The SMILES string of the molecule is O=C(Nc1cc(C(=O)N2CCCNCC2)ccc1N1CCCN(C(=O)c2ccncc2)CC1)OCc1ccccc1. The van der Waals surface area contributed by atoms with Crippen LogP contribution in [0.5, 0.6) is 0 Å². The summed E-state index contributed by atoms with van der Waals surface area (Å²) in [4.78, 5) is 49.2. The molecule has 2 aromatic carbocycles. The van der Waals surface area contributed by atoms with Crippen LogP contribution in [0.2, 0.25) is 0 Å². The first-order valence-corrected chi connectivity index (χ1v) is 14.1. The number of carbonyl (C=O) groups excluding carboxylic acids is 3. The number of nitrogens with zero attached hydrogens (tertiary/aromatic N) is 4. The third-order valence-electron chi connectivity index (χ3n) is 7.37. The molecule has 41 heavy (non-hydrogen) atoms. The fourth-order valence-corrected chi connectivity index (χ4v) is 5.18. The first kappa shape index (κ1) is 28.1. The minimum absolute atomic E-state index is 0.0232. The van der Waals surface area contributed by atoms with E-state index in [1.54, 1.807) is 30.6 Å². The van der Waals surface area contributed by atoms with Crippen molar-refractivity contribution in [2.75, 3.05) is 62.6 Å². The number of ether oxygens (including phenoxy) is 1. The van der Waals surface area contributed by atoms with Gasteiger partial charge in [-0.05, 0) is 55.3 Å². The number of hydrogen-bond acceptors (Lipinski definition) is 7. The zero-order valence-corrected chi connectivity index (χ0v) is 23.1. The average molecular weight is 557 g/mol. The van der Waals surface area contributed by atoms with Crippen LogP contribution < -0.4 is 15.5 Å². The molecule has 2 aliphatic heterocycles. The molecular formula is C31H36N6O4. The second-order valence-electron chi connectivity index (χ2n) is 10.2. The Balaban J connectivity index is 1.34.